The summed E-state index contributed by atoms with van der Waals surface area (Å²) in [6.07, 6.45) is 2.72. The van der Waals surface area contributed by atoms with Crippen molar-refractivity contribution in [1.82, 2.24) is 10.2 Å². The Bertz CT molecular complexity index is 124. The molecule has 1 heterocycles. The number of ether oxygens (including phenoxy) is 1. The van der Waals surface area contributed by atoms with Crippen LogP contribution >= 0.6 is 0 Å². The number of nitrogens with one attached hydrogen (secondary N) is 1. The average Bonchev–Trinajstić information content (AvgIpc) is 2.65. The Kier molecular flexibility index (Phi) is 5.35. The van der Waals surface area contributed by atoms with Gasteiger partial charge in [0.1, 0.15) is 0 Å². The largest absolute Gasteiger partial charge is 0.379 e. The zero-order valence-electron chi connectivity index (χ0n) is 8.88. The van der Waals surface area contributed by atoms with E-state index in [1.165, 1.54) is 25.9 Å². The molecule has 13 heavy (non-hydrogen) atoms. The highest BCUT2D eigenvalue weighted by molar-refractivity contribution is 4.72. The van der Waals surface area contributed by atoms with Gasteiger partial charge in [-0.25, -0.2) is 0 Å². The van der Waals surface area contributed by atoms with Gasteiger partial charge in [0, 0.05) is 12.6 Å². The van der Waals surface area contributed by atoms with Crippen molar-refractivity contribution in [1.29, 1.82) is 0 Å². The van der Waals surface area contributed by atoms with Gasteiger partial charge in [0.05, 0.1) is 13.2 Å². The van der Waals surface area contributed by atoms with E-state index in [1.807, 2.05) is 7.05 Å². The maximum atomic E-state index is 5.54. The van der Waals surface area contributed by atoms with E-state index < -0.39 is 0 Å². The molecule has 0 spiro atoms. The second kappa shape index (κ2) is 6.35. The summed E-state index contributed by atoms with van der Waals surface area (Å²) in [6.45, 7) is 7.43. The maximum absolute atomic E-state index is 5.54. The maximum Gasteiger partial charge on any atom is 0.0619 e. The third-order valence-corrected chi connectivity index (χ3v) is 2.62. The van der Waals surface area contributed by atoms with E-state index in [1.54, 1.807) is 0 Å². The molecule has 1 aliphatic heterocycles. The summed E-state index contributed by atoms with van der Waals surface area (Å²) < 4.78 is 5.54. The van der Waals surface area contributed by atoms with Crippen molar-refractivity contribution in [3.8, 4) is 0 Å². The summed E-state index contributed by atoms with van der Waals surface area (Å²) >= 11 is 0. The normalized spacial score (nSPS) is 20.8. The van der Waals surface area contributed by atoms with Crippen LogP contribution in [0.15, 0.2) is 0 Å². The van der Waals surface area contributed by atoms with Gasteiger partial charge >= 0.3 is 0 Å². The van der Waals surface area contributed by atoms with E-state index in [0.717, 1.165) is 19.8 Å². The Balaban J connectivity index is 1.99. The summed E-state index contributed by atoms with van der Waals surface area (Å²) in [5, 5.41) is 3.07. The molecule has 0 amide bonds. The molecule has 1 unspecified atom stereocenters. The lowest BCUT2D eigenvalue weighted by Gasteiger charge is -2.23. The molecule has 1 rings (SSSR count). The van der Waals surface area contributed by atoms with Crippen molar-refractivity contribution in [2.75, 3.05) is 39.9 Å². The van der Waals surface area contributed by atoms with Gasteiger partial charge in [-0.3, -0.25) is 4.90 Å². The molecule has 1 atom stereocenters. The third-order valence-electron chi connectivity index (χ3n) is 2.62. The second-order valence-electron chi connectivity index (χ2n) is 3.77. The monoisotopic (exact) mass is 186 g/mol. The fourth-order valence-electron chi connectivity index (χ4n) is 1.72. The summed E-state index contributed by atoms with van der Waals surface area (Å²) in [6, 6.07) is 0.597. The van der Waals surface area contributed by atoms with Crippen LogP contribution in [-0.2, 0) is 4.74 Å². The van der Waals surface area contributed by atoms with Crippen molar-refractivity contribution in [3.05, 3.63) is 0 Å². The smallest absolute Gasteiger partial charge is 0.0619 e. The Morgan fingerprint density at radius 3 is 2.69 bits per heavy atom. The molecule has 1 aliphatic rings. The fraction of sp³-hybridized carbons (Fsp3) is 1.00. The van der Waals surface area contributed by atoms with Gasteiger partial charge < -0.3 is 10.1 Å². The fourth-order valence-corrected chi connectivity index (χ4v) is 1.72. The van der Waals surface area contributed by atoms with Crippen LogP contribution in [0.1, 0.15) is 19.8 Å². The van der Waals surface area contributed by atoms with Gasteiger partial charge in [-0.1, -0.05) is 0 Å². The number of hydrogen-bond acceptors (Lipinski definition) is 3. The van der Waals surface area contributed by atoms with Crippen molar-refractivity contribution in [3.63, 3.8) is 0 Å². The molecular formula is C10H22N2O. The number of likely N-dealkylation sites (N-methyl/N-ethyl adjacent to an activating group) is 1. The molecule has 0 saturated carbocycles. The van der Waals surface area contributed by atoms with E-state index in [-0.39, 0.29) is 0 Å². The van der Waals surface area contributed by atoms with Crippen LogP contribution in [0, 0.1) is 0 Å². The van der Waals surface area contributed by atoms with Crippen molar-refractivity contribution >= 4 is 0 Å². The van der Waals surface area contributed by atoms with E-state index in [4.69, 9.17) is 4.74 Å². The molecule has 0 bridgehead atoms. The minimum absolute atomic E-state index is 0.597. The first-order chi connectivity index (χ1) is 6.34. The number of rotatable bonds is 6. The van der Waals surface area contributed by atoms with E-state index in [2.05, 4.69) is 17.1 Å². The first-order valence-electron chi connectivity index (χ1n) is 5.31. The SMILES string of the molecule is CNCCOCC(C)N1CCCC1. The van der Waals surface area contributed by atoms with E-state index >= 15 is 0 Å². The third kappa shape index (κ3) is 4.07. The predicted molar refractivity (Wildman–Crippen MR) is 55.0 cm³/mol. The zero-order valence-corrected chi connectivity index (χ0v) is 8.88. The van der Waals surface area contributed by atoms with Crippen LogP contribution in [0.4, 0.5) is 0 Å². The molecular weight excluding hydrogens is 164 g/mol. The van der Waals surface area contributed by atoms with Gasteiger partial charge in [-0.15, -0.1) is 0 Å². The zero-order chi connectivity index (χ0) is 9.52. The highest BCUT2D eigenvalue weighted by Gasteiger charge is 2.17. The van der Waals surface area contributed by atoms with Crippen LogP contribution in [0.2, 0.25) is 0 Å². The van der Waals surface area contributed by atoms with Gasteiger partial charge in [0.15, 0.2) is 0 Å². The molecule has 78 valence electrons. The summed E-state index contributed by atoms with van der Waals surface area (Å²) in [5.41, 5.74) is 0. The number of hydrogen-bond donors (Lipinski definition) is 1. The standard InChI is InChI=1S/C10H22N2O/c1-10(9-13-8-5-11-2)12-6-3-4-7-12/h10-11H,3-9H2,1-2H3. The quantitative estimate of drug-likeness (QED) is 0.618. The summed E-state index contributed by atoms with van der Waals surface area (Å²) in [5.74, 6) is 0. The minimum atomic E-state index is 0.597. The van der Waals surface area contributed by atoms with Gasteiger partial charge in [-0.05, 0) is 39.9 Å². The summed E-state index contributed by atoms with van der Waals surface area (Å²) in [7, 11) is 1.95. The Hall–Kier alpha value is -0.120. The molecule has 0 radical (unpaired) electrons. The van der Waals surface area contributed by atoms with Crippen molar-refractivity contribution in [2.45, 2.75) is 25.8 Å². The van der Waals surface area contributed by atoms with Gasteiger partial charge in [0.25, 0.3) is 0 Å². The summed E-state index contributed by atoms with van der Waals surface area (Å²) in [4.78, 5) is 2.51. The van der Waals surface area contributed by atoms with Crippen LogP contribution in [0.3, 0.4) is 0 Å². The lowest BCUT2D eigenvalue weighted by atomic mass is 10.3. The topological polar surface area (TPSA) is 24.5 Å². The number of likely N-dealkylation sites (tertiary alicyclic amines) is 1. The van der Waals surface area contributed by atoms with E-state index in [0.29, 0.717) is 6.04 Å². The molecule has 0 aromatic carbocycles. The molecule has 1 N–H and O–H groups in total. The van der Waals surface area contributed by atoms with Gasteiger partial charge in [0.2, 0.25) is 0 Å². The molecule has 0 aromatic heterocycles. The van der Waals surface area contributed by atoms with Crippen LogP contribution < -0.4 is 5.32 Å². The molecule has 1 fully saturated rings. The minimum Gasteiger partial charge on any atom is -0.379 e. The lowest BCUT2D eigenvalue weighted by molar-refractivity contribution is 0.0785. The lowest BCUT2D eigenvalue weighted by Crippen LogP contribution is -2.34. The highest BCUT2D eigenvalue weighted by Crippen LogP contribution is 2.11. The second-order valence-corrected chi connectivity index (χ2v) is 3.77. The molecule has 3 heteroatoms. The Morgan fingerprint density at radius 1 is 1.38 bits per heavy atom. The van der Waals surface area contributed by atoms with Crippen LogP contribution in [0.5, 0.6) is 0 Å². The molecule has 1 saturated heterocycles. The van der Waals surface area contributed by atoms with Crippen molar-refractivity contribution in [2.24, 2.45) is 0 Å². The Morgan fingerprint density at radius 2 is 2.08 bits per heavy atom. The average molecular weight is 186 g/mol. The van der Waals surface area contributed by atoms with Crippen LogP contribution in [-0.4, -0.2) is 50.8 Å². The molecule has 0 aromatic rings. The van der Waals surface area contributed by atoms with Crippen molar-refractivity contribution < 1.29 is 4.74 Å². The van der Waals surface area contributed by atoms with Gasteiger partial charge in [-0.2, -0.15) is 0 Å². The highest BCUT2D eigenvalue weighted by atomic mass is 16.5. The van der Waals surface area contributed by atoms with Crippen LogP contribution in [0.25, 0.3) is 0 Å². The predicted octanol–water partition coefficient (Wildman–Crippen LogP) is 0.707. The number of nitrogens with zero attached hydrogens (tertiary/aromatic N) is 1. The molecule has 3 nitrogen and oxygen atoms in total. The molecule has 0 aliphatic carbocycles. The van der Waals surface area contributed by atoms with E-state index in [9.17, 15) is 0 Å². The first-order valence-corrected chi connectivity index (χ1v) is 5.31. The Labute approximate surface area is 81.4 Å². The first kappa shape index (κ1) is 11.0.